The molecule has 0 saturated carbocycles. The molecule has 0 spiro atoms. The van der Waals surface area contributed by atoms with Gasteiger partial charge >= 0.3 is 6.18 Å². The topological polar surface area (TPSA) is 50.9 Å². The fourth-order valence-corrected chi connectivity index (χ4v) is 1.37. The molecule has 0 aliphatic carbocycles. The first kappa shape index (κ1) is 12.6. The molecular weight excluding hydrogens is 247 g/mol. The summed E-state index contributed by atoms with van der Waals surface area (Å²) in [5, 5.41) is 12.9. The minimum Gasteiger partial charge on any atom is -0.389 e. The number of aromatic nitrogens is 3. The van der Waals surface area contributed by atoms with Gasteiger partial charge in [0, 0.05) is 12.4 Å². The van der Waals surface area contributed by atoms with Gasteiger partial charge in [-0.25, -0.2) is 9.67 Å². The van der Waals surface area contributed by atoms with Gasteiger partial charge in [0.05, 0.1) is 17.9 Å². The lowest BCUT2D eigenvalue weighted by molar-refractivity contribution is -0.137. The Balaban J connectivity index is 2.29. The van der Waals surface area contributed by atoms with Crippen molar-refractivity contribution in [2.24, 2.45) is 0 Å². The van der Waals surface area contributed by atoms with Crippen molar-refractivity contribution in [3.63, 3.8) is 0 Å². The fourth-order valence-electron chi connectivity index (χ4n) is 1.37. The molecule has 0 fully saturated rings. The Morgan fingerprint density at radius 1 is 1.28 bits per heavy atom. The van der Waals surface area contributed by atoms with E-state index in [0.717, 1.165) is 17.1 Å². The minimum absolute atomic E-state index is 0.259. The predicted molar refractivity (Wildman–Crippen MR) is 57.0 cm³/mol. The molecular formula is C11H10F3N3O. The van der Waals surface area contributed by atoms with Crippen molar-refractivity contribution < 1.29 is 18.3 Å². The first-order chi connectivity index (χ1) is 8.38. The molecule has 0 amide bonds. The molecule has 18 heavy (non-hydrogen) atoms. The first-order valence-electron chi connectivity index (χ1n) is 5.14. The maximum absolute atomic E-state index is 12.4. The third-order valence-electron chi connectivity index (χ3n) is 2.40. The number of nitrogens with zero attached hydrogens (tertiary/aromatic N) is 3. The number of rotatable bonds is 2. The number of aliphatic hydroxyl groups excluding tert-OH is 1. The van der Waals surface area contributed by atoms with E-state index in [-0.39, 0.29) is 5.82 Å². The van der Waals surface area contributed by atoms with Crippen LogP contribution in [0.1, 0.15) is 24.2 Å². The van der Waals surface area contributed by atoms with Crippen molar-refractivity contribution >= 4 is 0 Å². The Labute approximate surface area is 101 Å². The summed E-state index contributed by atoms with van der Waals surface area (Å²) >= 11 is 0. The lowest BCUT2D eigenvalue weighted by Crippen LogP contribution is -2.03. The molecule has 1 N–H and O–H groups in total. The van der Waals surface area contributed by atoms with E-state index in [1.807, 2.05) is 0 Å². The van der Waals surface area contributed by atoms with Crippen molar-refractivity contribution in [1.82, 2.24) is 14.8 Å². The van der Waals surface area contributed by atoms with Gasteiger partial charge in [0.25, 0.3) is 0 Å². The zero-order valence-electron chi connectivity index (χ0n) is 9.39. The zero-order valence-corrected chi connectivity index (χ0v) is 9.39. The average molecular weight is 257 g/mol. The number of aliphatic hydroxyl groups is 1. The molecule has 4 nitrogen and oxygen atoms in total. The Morgan fingerprint density at radius 2 is 2.00 bits per heavy atom. The predicted octanol–water partition coefficient (Wildman–Crippen LogP) is 2.34. The molecule has 7 heteroatoms. The summed E-state index contributed by atoms with van der Waals surface area (Å²) in [4.78, 5) is 3.94. The molecule has 2 rings (SSSR count). The fraction of sp³-hybridized carbons (Fsp3) is 0.273. The normalized spacial score (nSPS) is 13.6. The molecule has 96 valence electrons. The van der Waals surface area contributed by atoms with Crippen LogP contribution in [0.2, 0.25) is 0 Å². The van der Waals surface area contributed by atoms with E-state index in [2.05, 4.69) is 10.1 Å². The molecule has 0 aliphatic rings. The quantitative estimate of drug-likeness (QED) is 0.898. The van der Waals surface area contributed by atoms with Crippen LogP contribution in [0.5, 0.6) is 0 Å². The van der Waals surface area contributed by atoms with Crippen LogP contribution in [0.4, 0.5) is 13.2 Å². The molecule has 0 bridgehead atoms. The Morgan fingerprint density at radius 3 is 2.44 bits per heavy atom. The highest BCUT2D eigenvalue weighted by Crippen LogP contribution is 2.28. The van der Waals surface area contributed by atoms with Gasteiger partial charge in [-0.1, -0.05) is 6.07 Å². The second-order valence-corrected chi connectivity index (χ2v) is 3.80. The first-order valence-corrected chi connectivity index (χ1v) is 5.14. The van der Waals surface area contributed by atoms with Crippen molar-refractivity contribution in [2.75, 3.05) is 0 Å². The number of hydrogen-bond donors (Lipinski definition) is 1. The monoisotopic (exact) mass is 257 g/mol. The van der Waals surface area contributed by atoms with Gasteiger partial charge in [-0.3, -0.25) is 0 Å². The van der Waals surface area contributed by atoms with Crippen molar-refractivity contribution in [2.45, 2.75) is 19.2 Å². The van der Waals surface area contributed by atoms with Crippen molar-refractivity contribution in [3.8, 4) is 5.82 Å². The molecule has 0 aliphatic heterocycles. The van der Waals surface area contributed by atoms with Crippen LogP contribution in [0.25, 0.3) is 5.82 Å². The second kappa shape index (κ2) is 4.41. The third-order valence-corrected chi connectivity index (χ3v) is 2.40. The molecule has 2 aromatic heterocycles. The lowest BCUT2D eigenvalue weighted by Gasteiger charge is -2.05. The van der Waals surface area contributed by atoms with Gasteiger partial charge in [0.15, 0.2) is 5.82 Å². The zero-order chi connectivity index (χ0) is 13.3. The highest BCUT2D eigenvalue weighted by molar-refractivity contribution is 5.27. The molecule has 1 atom stereocenters. The minimum atomic E-state index is -4.42. The Hall–Kier alpha value is -1.89. The summed E-state index contributed by atoms with van der Waals surface area (Å²) in [6.07, 6.45) is -2.09. The smallest absolute Gasteiger partial charge is 0.389 e. The molecule has 0 radical (unpaired) electrons. The van der Waals surface area contributed by atoms with Crippen molar-refractivity contribution in [1.29, 1.82) is 0 Å². The molecule has 2 aromatic rings. The summed E-state index contributed by atoms with van der Waals surface area (Å²) in [5.74, 6) is 0.259. The van der Waals surface area contributed by atoms with Gasteiger partial charge in [-0.05, 0) is 18.6 Å². The van der Waals surface area contributed by atoms with E-state index in [1.165, 1.54) is 12.3 Å². The van der Waals surface area contributed by atoms with Gasteiger partial charge in [-0.15, -0.1) is 0 Å². The standard InChI is InChI=1S/C11H10F3N3O/c1-7(18)8-2-3-10(15-4-8)17-6-9(5-16-17)11(12,13)14/h2-7,18H,1H3. The number of alkyl halides is 3. The highest BCUT2D eigenvalue weighted by atomic mass is 19.4. The van der Waals surface area contributed by atoms with Crippen LogP contribution in [0, 0.1) is 0 Å². The summed E-state index contributed by atoms with van der Waals surface area (Å²) in [5.41, 5.74) is -0.245. The van der Waals surface area contributed by atoms with Gasteiger partial charge in [-0.2, -0.15) is 18.3 Å². The van der Waals surface area contributed by atoms with E-state index in [4.69, 9.17) is 0 Å². The van der Waals surface area contributed by atoms with Crippen molar-refractivity contribution in [3.05, 3.63) is 41.9 Å². The van der Waals surface area contributed by atoms with Crippen LogP contribution in [0.3, 0.4) is 0 Å². The summed E-state index contributed by atoms with van der Waals surface area (Å²) in [6.45, 7) is 1.58. The summed E-state index contributed by atoms with van der Waals surface area (Å²) in [6, 6.07) is 3.08. The molecule has 0 saturated heterocycles. The Kier molecular flexibility index (Phi) is 3.08. The summed E-state index contributed by atoms with van der Waals surface area (Å²) in [7, 11) is 0. The largest absolute Gasteiger partial charge is 0.419 e. The SMILES string of the molecule is CC(O)c1ccc(-n2cc(C(F)(F)F)cn2)nc1. The average Bonchev–Trinajstić information content (AvgIpc) is 2.78. The van der Waals surface area contributed by atoms with Crippen LogP contribution in [-0.2, 0) is 6.18 Å². The van der Waals surface area contributed by atoms with Crippen LogP contribution >= 0.6 is 0 Å². The molecule has 0 aromatic carbocycles. The highest BCUT2D eigenvalue weighted by Gasteiger charge is 2.32. The summed E-state index contributed by atoms with van der Waals surface area (Å²) < 4.78 is 38.2. The van der Waals surface area contributed by atoms with Crippen LogP contribution in [-0.4, -0.2) is 19.9 Å². The van der Waals surface area contributed by atoms with E-state index in [9.17, 15) is 18.3 Å². The second-order valence-electron chi connectivity index (χ2n) is 3.80. The van der Waals surface area contributed by atoms with Gasteiger partial charge in [0.2, 0.25) is 0 Å². The number of halogens is 3. The van der Waals surface area contributed by atoms with Gasteiger partial charge < -0.3 is 5.11 Å². The molecule has 2 heterocycles. The number of hydrogen-bond acceptors (Lipinski definition) is 3. The molecule has 1 unspecified atom stereocenters. The Bertz CT molecular complexity index is 531. The van der Waals surface area contributed by atoms with E-state index >= 15 is 0 Å². The van der Waals surface area contributed by atoms with Gasteiger partial charge in [0.1, 0.15) is 0 Å². The van der Waals surface area contributed by atoms with E-state index in [1.54, 1.807) is 13.0 Å². The van der Waals surface area contributed by atoms with E-state index < -0.39 is 17.8 Å². The van der Waals surface area contributed by atoms with Crippen LogP contribution < -0.4 is 0 Å². The maximum Gasteiger partial charge on any atom is 0.419 e. The number of pyridine rings is 1. The van der Waals surface area contributed by atoms with Crippen LogP contribution in [0.15, 0.2) is 30.7 Å². The third kappa shape index (κ3) is 2.51. The maximum atomic E-state index is 12.4. The lowest BCUT2D eigenvalue weighted by atomic mass is 10.2. The van der Waals surface area contributed by atoms with E-state index in [0.29, 0.717) is 5.56 Å².